The highest BCUT2D eigenvalue weighted by Gasteiger charge is 2.15. The van der Waals surface area contributed by atoms with Gasteiger partial charge in [0.2, 0.25) is 5.91 Å². The van der Waals surface area contributed by atoms with Crippen molar-refractivity contribution < 1.29 is 14.3 Å². The van der Waals surface area contributed by atoms with Gasteiger partial charge in [-0.2, -0.15) is 11.8 Å². The smallest absolute Gasteiger partial charge is 0.233 e. The molecular weight excluding hydrogens is 378 g/mol. The van der Waals surface area contributed by atoms with Gasteiger partial charge in [0.05, 0.1) is 19.5 Å². The van der Waals surface area contributed by atoms with Gasteiger partial charge in [0.1, 0.15) is 0 Å². The quantitative estimate of drug-likeness (QED) is 0.464. The minimum absolute atomic E-state index is 0.0475. The molecule has 1 amide bonds. The van der Waals surface area contributed by atoms with Gasteiger partial charge in [-0.05, 0) is 43.2 Å². The predicted octanol–water partition coefficient (Wildman–Crippen LogP) is 4.54. The highest BCUT2D eigenvalue weighted by atomic mass is 32.2. The average Bonchev–Trinajstić information content (AvgIpc) is 2.68. The molecule has 0 saturated heterocycles. The van der Waals surface area contributed by atoms with E-state index >= 15 is 0 Å². The number of amides is 1. The van der Waals surface area contributed by atoms with Crippen molar-refractivity contribution in [3.8, 4) is 11.5 Å². The lowest BCUT2D eigenvalue weighted by molar-refractivity contribution is -0.120. The Bertz CT molecular complexity index is 752. The first kappa shape index (κ1) is 21.5. The third-order valence-corrected chi connectivity index (χ3v) is 6.20. The summed E-state index contributed by atoms with van der Waals surface area (Å²) in [6.07, 6.45) is 0. The van der Waals surface area contributed by atoms with E-state index in [9.17, 15) is 4.79 Å². The van der Waals surface area contributed by atoms with Crippen LogP contribution in [0.5, 0.6) is 11.5 Å². The summed E-state index contributed by atoms with van der Waals surface area (Å²) >= 11 is 3.34. The maximum Gasteiger partial charge on any atom is 0.233 e. The normalized spacial score (nSPS) is 11.7. The lowest BCUT2D eigenvalue weighted by Crippen LogP contribution is -2.32. The third kappa shape index (κ3) is 6.70. The van der Waals surface area contributed by atoms with Crippen LogP contribution in [0.25, 0.3) is 0 Å². The molecule has 1 atom stereocenters. The summed E-state index contributed by atoms with van der Waals surface area (Å²) in [5.74, 6) is 3.27. The fraction of sp³-hybridized carbons (Fsp3) is 0.381. The predicted molar refractivity (Wildman–Crippen MR) is 115 cm³/mol. The van der Waals surface area contributed by atoms with E-state index in [0.29, 0.717) is 18.0 Å². The maximum absolute atomic E-state index is 12.3. The number of aryl methyl sites for hydroxylation is 1. The van der Waals surface area contributed by atoms with Crippen LogP contribution < -0.4 is 14.8 Å². The third-order valence-electron chi connectivity index (χ3n) is 4.10. The largest absolute Gasteiger partial charge is 0.493 e. The molecule has 1 N–H and O–H groups in total. The van der Waals surface area contributed by atoms with Crippen LogP contribution in [-0.2, 0) is 10.5 Å². The first-order valence-electron chi connectivity index (χ1n) is 8.83. The highest BCUT2D eigenvalue weighted by Crippen LogP contribution is 2.33. The Morgan fingerprint density at radius 1 is 1.11 bits per heavy atom. The molecule has 0 spiro atoms. The van der Waals surface area contributed by atoms with Gasteiger partial charge < -0.3 is 14.8 Å². The van der Waals surface area contributed by atoms with Crippen molar-refractivity contribution in [2.45, 2.75) is 29.7 Å². The fourth-order valence-electron chi connectivity index (χ4n) is 2.49. The van der Waals surface area contributed by atoms with Gasteiger partial charge in [0, 0.05) is 22.9 Å². The van der Waals surface area contributed by atoms with Gasteiger partial charge >= 0.3 is 0 Å². The van der Waals surface area contributed by atoms with E-state index in [0.717, 1.165) is 16.4 Å². The molecule has 0 saturated carbocycles. The number of hydrogen-bond donors (Lipinski definition) is 1. The molecule has 0 unspecified atom stereocenters. The zero-order valence-corrected chi connectivity index (χ0v) is 17.9. The van der Waals surface area contributed by atoms with Crippen molar-refractivity contribution in [3.63, 3.8) is 0 Å². The van der Waals surface area contributed by atoms with E-state index in [1.54, 1.807) is 14.2 Å². The summed E-state index contributed by atoms with van der Waals surface area (Å²) in [6, 6.07) is 14.1. The zero-order chi connectivity index (χ0) is 19.6. The summed E-state index contributed by atoms with van der Waals surface area (Å²) in [5.41, 5.74) is 2.67. The molecule has 2 rings (SSSR count). The van der Waals surface area contributed by atoms with Crippen molar-refractivity contribution in [3.05, 3.63) is 53.6 Å². The summed E-state index contributed by atoms with van der Waals surface area (Å²) in [7, 11) is 3.22. The number of methoxy groups -OCH3 is 2. The number of thioether (sulfide) groups is 2. The Hall–Kier alpha value is -1.79. The average molecular weight is 406 g/mol. The number of rotatable bonds is 10. The summed E-state index contributed by atoms with van der Waals surface area (Å²) in [5, 5.41) is 2.84. The second-order valence-corrected chi connectivity index (χ2v) is 8.57. The molecule has 2 aromatic carbocycles. The zero-order valence-electron chi connectivity index (χ0n) is 16.3. The van der Waals surface area contributed by atoms with Gasteiger partial charge in [-0.3, -0.25) is 4.79 Å². The van der Waals surface area contributed by atoms with Crippen LogP contribution in [0.15, 0.2) is 47.4 Å². The topological polar surface area (TPSA) is 47.6 Å². The van der Waals surface area contributed by atoms with Gasteiger partial charge in [-0.25, -0.2) is 0 Å². The Kier molecular flexibility index (Phi) is 8.88. The number of nitrogens with one attached hydrogen (secondary N) is 1. The van der Waals surface area contributed by atoms with E-state index < -0.39 is 0 Å². The monoisotopic (exact) mass is 405 g/mol. The molecule has 0 aliphatic carbocycles. The minimum atomic E-state index is -0.176. The summed E-state index contributed by atoms with van der Waals surface area (Å²) < 4.78 is 10.6. The van der Waals surface area contributed by atoms with Crippen LogP contribution in [-0.4, -0.2) is 37.7 Å². The molecule has 0 aliphatic heterocycles. The Morgan fingerprint density at radius 3 is 2.56 bits per heavy atom. The first-order valence-corrected chi connectivity index (χ1v) is 10.9. The van der Waals surface area contributed by atoms with Crippen molar-refractivity contribution in [2.75, 3.05) is 26.5 Å². The van der Waals surface area contributed by atoms with Crippen molar-refractivity contribution >= 4 is 29.4 Å². The molecular formula is C21H27NO3S2. The van der Waals surface area contributed by atoms with Gasteiger partial charge in [0.25, 0.3) is 0 Å². The standard InChI is InChI=1S/C21H27NO3S2/c1-15-7-5-6-8-17(15)14-26-12-11-22-21(23)16(2)27-18-9-10-19(24-3)20(13-18)25-4/h5-10,13,16H,11-12,14H2,1-4H3,(H,22,23)/t16-/m1/s1. The maximum atomic E-state index is 12.3. The van der Waals surface area contributed by atoms with Crippen molar-refractivity contribution in [1.29, 1.82) is 0 Å². The molecule has 0 fully saturated rings. The van der Waals surface area contributed by atoms with Crippen molar-refractivity contribution in [2.24, 2.45) is 0 Å². The molecule has 4 nitrogen and oxygen atoms in total. The minimum Gasteiger partial charge on any atom is -0.493 e. The molecule has 0 bridgehead atoms. The van der Waals surface area contributed by atoms with Gasteiger partial charge in [-0.1, -0.05) is 24.3 Å². The lowest BCUT2D eigenvalue weighted by Gasteiger charge is -2.14. The van der Waals surface area contributed by atoms with E-state index in [-0.39, 0.29) is 11.2 Å². The second-order valence-electron chi connectivity index (χ2n) is 6.05. The van der Waals surface area contributed by atoms with Crippen LogP contribution in [0.4, 0.5) is 0 Å². The van der Waals surface area contributed by atoms with Crippen LogP contribution in [0, 0.1) is 6.92 Å². The number of carbonyl (C=O) groups is 1. The van der Waals surface area contributed by atoms with Crippen LogP contribution in [0.3, 0.4) is 0 Å². The van der Waals surface area contributed by atoms with Crippen LogP contribution in [0.2, 0.25) is 0 Å². The molecule has 0 heterocycles. The van der Waals surface area contributed by atoms with Crippen molar-refractivity contribution in [1.82, 2.24) is 5.32 Å². The molecule has 6 heteroatoms. The van der Waals surface area contributed by atoms with Crippen LogP contribution in [0.1, 0.15) is 18.1 Å². The molecule has 0 aliphatic rings. The number of hydrogen-bond acceptors (Lipinski definition) is 5. The number of ether oxygens (including phenoxy) is 2. The van der Waals surface area contributed by atoms with E-state index in [1.807, 2.05) is 36.9 Å². The fourth-order valence-corrected chi connectivity index (χ4v) is 4.35. The molecule has 2 aromatic rings. The second kappa shape index (κ2) is 11.1. The number of benzene rings is 2. The summed E-state index contributed by atoms with van der Waals surface area (Å²) in [6.45, 7) is 4.72. The SMILES string of the molecule is COc1ccc(S[C@H](C)C(=O)NCCSCc2ccccc2C)cc1OC. The van der Waals surface area contributed by atoms with E-state index in [2.05, 4.69) is 36.5 Å². The Morgan fingerprint density at radius 2 is 1.85 bits per heavy atom. The summed E-state index contributed by atoms with van der Waals surface area (Å²) in [4.78, 5) is 13.3. The van der Waals surface area contributed by atoms with E-state index in [4.69, 9.17) is 9.47 Å². The molecule has 146 valence electrons. The van der Waals surface area contributed by atoms with Gasteiger partial charge in [-0.15, -0.1) is 11.8 Å². The van der Waals surface area contributed by atoms with Gasteiger partial charge in [0.15, 0.2) is 11.5 Å². The highest BCUT2D eigenvalue weighted by molar-refractivity contribution is 8.00. The van der Waals surface area contributed by atoms with E-state index in [1.165, 1.54) is 22.9 Å². The Labute approximate surface area is 170 Å². The molecule has 27 heavy (non-hydrogen) atoms. The molecule has 0 aromatic heterocycles. The number of carbonyl (C=O) groups excluding carboxylic acids is 1. The molecule has 0 radical (unpaired) electrons. The lowest BCUT2D eigenvalue weighted by atomic mass is 10.1. The Balaban J connectivity index is 1.73. The first-order chi connectivity index (χ1) is 13.0. The van der Waals surface area contributed by atoms with Crippen LogP contribution >= 0.6 is 23.5 Å².